The average molecular weight is 527 g/mol. The van der Waals surface area contributed by atoms with Gasteiger partial charge in [-0.15, -0.1) is 11.3 Å². The van der Waals surface area contributed by atoms with Crippen molar-refractivity contribution < 1.29 is 19.1 Å². The van der Waals surface area contributed by atoms with Gasteiger partial charge in [0.25, 0.3) is 5.91 Å². The molecule has 0 aliphatic carbocycles. The lowest BCUT2D eigenvalue weighted by Crippen LogP contribution is -2.48. The van der Waals surface area contributed by atoms with Crippen LogP contribution >= 0.6 is 22.9 Å². The van der Waals surface area contributed by atoms with Crippen molar-refractivity contribution in [2.45, 2.75) is 25.8 Å². The molecule has 0 bridgehead atoms. The van der Waals surface area contributed by atoms with E-state index >= 15 is 0 Å². The van der Waals surface area contributed by atoms with Gasteiger partial charge in [0.2, 0.25) is 5.91 Å². The first-order chi connectivity index (χ1) is 17.5. The molecule has 36 heavy (non-hydrogen) atoms. The molecule has 2 heterocycles. The standard InChI is InChI=1S/C28H31ClN2O4S/c1-20-7-9-23(10-8-20)35-19-25-24-12-16-36-26(24)11-14-31(25)27(32)18-30(13-4-15-34-2)28(33)21-5-3-6-22(29)17-21/h3,5-10,12,16-17,25H,4,11,13-15,18-19H2,1-2H3/t25-/m1/s1. The molecule has 8 heteroatoms. The highest BCUT2D eigenvalue weighted by Gasteiger charge is 2.33. The second-order valence-electron chi connectivity index (χ2n) is 8.86. The normalized spacial score (nSPS) is 14.9. The molecular formula is C28H31ClN2O4S. The topological polar surface area (TPSA) is 59.1 Å². The van der Waals surface area contributed by atoms with E-state index in [-0.39, 0.29) is 24.4 Å². The molecule has 0 saturated carbocycles. The molecule has 190 valence electrons. The van der Waals surface area contributed by atoms with Gasteiger partial charge in [-0.2, -0.15) is 0 Å². The minimum absolute atomic E-state index is 0.0183. The Labute approximate surface area is 221 Å². The van der Waals surface area contributed by atoms with Crippen LogP contribution in [0.2, 0.25) is 5.02 Å². The fourth-order valence-corrected chi connectivity index (χ4v) is 5.51. The van der Waals surface area contributed by atoms with E-state index in [1.807, 2.05) is 36.1 Å². The molecule has 0 fully saturated rings. The van der Waals surface area contributed by atoms with E-state index in [0.717, 1.165) is 23.3 Å². The Morgan fingerprint density at radius 2 is 1.97 bits per heavy atom. The number of methoxy groups -OCH3 is 1. The third-order valence-corrected chi connectivity index (χ3v) is 7.54. The van der Waals surface area contributed by atoms with Gasteiger partial charge in [-0.1, -0.05) is 35.4 Å². The Hall–Kier alpha value is -2.87. The summed E-state index contributed by atoms with van der Waals surface area (Å²) in [5, 5.41) is 2.55. The second-order valence-corrected chi connectivity index (χ2v) is 10.3. The van der Waals surface area contributed by atoms with Crippen LogP contribution in [0.15, 0.2) is 60.0 Å². The van der Waals surface area contributed by atoms with Crippen LogP contribution in [0.25, 0.3) is 0 Å². The molecule has 1 aliphatic rings. The first-order valence-corrected chi connectivity index (χ1v) is 13.3. The summed E-state index contributed by atoms with van der Waals surface area (Å²) in [4.78, 5) is 31.7. The van der Waals surface area contributed by atoms with Crippen molar-refractivity contribution in [3.63, 3.8) is 0 Å². The van der Waals surface area contributed by atoms with Gasteiger partial charge in [0, 0.05) is 42.3 Å². The molecule has 0 N–H and O–H groups in total. The Morgan fingerprint density at radius 1 is 1.17 bits per heavy atom. The number of ether oxygens (including phenoxy) is 2. The summed E-state index contributed by atoms with van der Waals surface area (Å²) in [5.74, 6) is 0.451. The van der Waals surface area contributed by atoms with Crippen molar-refractivity contribution in [1.82, 2.24) is 9.80 Å². The van der Waals surface area contributed by atoms with Gasteiger partial charge in [0.05, 0.1) is 6.04 Å². The SMILES string of the molecule is COCCCN(CC(=O)N1CCc2sccc2[C@H]1COc1ccc(C)cc1)C(=O)c1cccc(Cl)c1. The Morgan fingerprint density at radius 3 is 2.72 bits per heavy atom. The largest absolute Gasteiger partial charge is 0.491 e. The number of thiophene rings is 1. The minimum atomic E-state index is -0.220. The molecule has 0 radical (unpaired) electrons. The fourth-order valence-electron chi connectivity index (χ4n) is 4.39. The van der Waals surface area contributed by atoms with E-state index in [2.05, 4.69) is 11.4 Å². The number of rotatable bonds is 10. The average Bonchev–Trinajstić information content (AvgIpc) is 3.36. The molecule has 0 saturated heterocycles. The van der Waals surface area contributed by atoms with Crippen molar-refractivity contribution in [2.24, 2.45) is 0 Å². The van der Waals surface area contributed by atoms with Crippen LogP contribution in [0.5, 0.6) is 5.75 Å². The lowest BCUT2D eigenvalue weighted by atomic mass is 10.0. The molecular weight excluding hydrogens is 496 g/mol. The number of fused-ring (bicyclic) bond motifs is 1. The summed E-state index contributed by atoms with van der Waals surface area (Å²) in [5.41, 5.74) is 2.75. The molecule has 1 aliphatic heterocycles. The van der Waals surface area contributed by atoms with Gasteiger partial charge in [0.1, 0.15) is 18.9 Å². The smallest absolute Gasteiger partial charge is 0.254 e. The highest BCUT2D eigenvalue weighted by Crippen LogP contribution is 2.34. The van der Waals surface area contributed by atoms with Crippen molar-refractivity contribution in [3.05, 3.63) is 86.6 Å². The van der Waals surface area contributed by atoms with Gasteiger partial charge >= 0.3 is 0 Å². The summed E-state index contributed by atoms with van der Waals surface area (Å²) in [6.45, 7) is 3.87. The Balaban J connectivity index is 1.52. The van der Waals surface area contributed by atoms with Crippen LogP contribution in [-0.4, -0.2) is 61.6 Å². The maximum atomic E-state index is 13.7. The highest BCUT2D eigenvalue weighted by molar-refractivity contribution is 7.10. The van der Waals surface area contributed by atoms with Crippen molar-refractivity contribution >= 4 is 34.8 Å². The number of hydrogen-bond acceptors (Lipinski definition) is 5. The molecule has 4 rings (SSSR count). The number of carbonyl (C=O) groups is 2. The van der Waals surface area contributed by atoms with Gasteiger partial charge in [-0.3, -0.25) is 9.59 Å². The third-order valence-electron chi connectivity index (χ3n) is 6.31. The van der Waals surface area contributed by atoms with E-state index in [9.17, 15) is 9.59 Å². The van der Waals surface area contributed by atoms with Gasteiger partial charge in [-0.05, 0) is 67.1 Å². The van der Waals surface area contributed by atoms with Crippen LogP contribution in [0.1, 0.15) is 38.8 Å². The molecule has 3 aromatic rings. The van der Waals surface area contributed by atoms with Gasteiger partial charge < -0.3 is 19.3 Å². The van der Waals surface area contributed by atoms with Gasteiger partial charge in [-0.25, -0.2) is 0 Å². The predicted molar refractivity (Wildman–Crippen MR) is 143 cm³/mol. The molecule has 1 aromatic heterocycles. The minimum Gasteiger partial charge on any atom is -0.491 e. The van der Waals surface area contributed by atoms with Gasteiger partial charge in [0.15, 0.2) is 0 Å². The fraction of sp³-hybridized carbons (Fsp3) is 0.357. The molecule has 2 amide bonds. The summed E-state index contributed by atoms with van der Waals surface area (Å²) in [6, 6.07) is 16.6. The molecule has 0 unspecified atom stereocenters. The molecule has 2 aromatic carbocycles. The van der Waals surface area contributed by atoms with E-state index < -0.39 is 0 Å². The number of amides is 2. The third kappa shape index (κ3) is 6.46. The Bertz CT molecular complexity index is 1180. The lowest BCUT2D eigenvalue weighted by Gasteiger charge is -2.37. The van der Waals surface area contributed by atoms with E-state index in [4.69, 9.17) is 21.1 Å². The maximum absolute atomic E-state index is 13.7. The molecule has 1 atom stereocenters. The van der Waals surface area contributed by atoms with Crippen LogP contribution in [0.4, 0.5) is 0 Å². The summed E-state index contributed by atoms with van der Waals surface area (Å²) < 4.78 is 11.3. The number of halogens is 1. The summed E-state index contributed by atoms with van der Waals surface area (Å²) in [6.07, 6.45) is 1.43. The number of benzene rings is 2. The number of hydrogen-bond donors (Lipinski definition) is 0. The first kappa shape index (κ1) is 26.2. The zero-order valence-corrected chi connectivity index (χ0v) is 22.2. The van der Waals surface area contributed by atoms with Crippen LogP contribution in [0, 0.1) is 6.92 Å². The van der Waals surface area contributed by atoms with Crippen molar-refractivity contribution in [1.29, 1.82) is 0 Å². The quantitative estimate of drug-likeness (QED) is 0.332. The number of nitrogens with zero attached hydrogens (tertiary/aromatic N) is 2. The Kier molecular flexibility index (Phi) is 9.02. The number of aryl methyl sites for hydroxylation is 1. The predicted octanol–water partition coefficient (Wildman–Crippen LogP) is 5.39. The number of carbonyl (C=O) groups excluding carboxylic acids is 2. The van der Waals surface area contributed by atoms with E-state index in [1.54, 1.807) is 47.6 Å². The van der Waals surface area contributed by atoms with Crippen molar-refractivity contribution in [2.75, 3.05) is 40.0 Å². The summed E-state index contributed by atoms with van der Waals surface area (Å²) >= 11 is 7.83. The maximum Gasteiger partial charge on any atom is 0.254 e. The highest BCUT2D eigenvalue weighted by atomic mass is 35.5. The van der Waals surface area contributed by atoms with Crippen LogP contribution in [-0.2, 0) is 16.0 Å². The van der Waals surface area contributed by atoms with E-state index in [0.29, 0.717) is 43.3 Å². The molecule has 6 nitrogen and oxygen atoms in total. The second kappa shape index (κ2) is 12.4. The first-order valence-electron chi connectivity index (χ1n) is 12.0. The summed E-state index contributed by atoms with van der Waals surface area (Å²) in [7, 11) is 1.62. The van der Waals surface area contributed by atoms with Crippen LogP contribution in [0.3, 0.4) is 0 Å². The molecule has 0 spiro atoms. The van der Waals surface area contributed by atoms with Crippen molar-refractivity contribution in [3.8, 4) is 5.75 Å². The zero-order valence-electron chi connectivity index (χ0n) is 20.6. The zero-order chi connectivity index (χ0) is 25.5. The van der Waals surface area contributed by atoms with Crippen LogP contribution < -0.4 is 4.74 Å². The lowest BCUT2D eigenvalue weighted by molar-refractivity contribution is -0.135. The monoisotopic (exact) mass is 526 g/mol. The van der Waals surface area contributed by atoms with E-state index in [1.165, 1.54) is 4.88 Å².